The third-order valence-corrected chi connectivity index (χ3v) is 2.46. The van der Waals surface area contributed by atoms with Gasteiger partial charge in [0.2, 0.25) is 0 Å². The molecule has 1 aromatic rings. The molecule has 0 saturated heterocycles. The number of hydrogen-bond donors (Lipinski definition) is 1. The average molecular weight is 225 g/mol. The van der Waals surface area contributed by atoms with E-state index in [9.17, 15) is 0 Å². The van der Waals surface area contributed by atoms with E-state index in [1.807, 2.05) is 13.0 Å². The van der Waals surface area contributed by atoms with Gasteiger partial charge in [-0.1, -0.05) is 22.9 Å². The topological polar surface area (TPSA) is 49.8 Å². The van der Waals surface area contributed by atoms with Crippen molar-refractivity contribution in [2.45, 2.75) is 13.3 Å². The highest BCUT2D eigenvalue weighted by Crippen LogP contribution is 2.23. The largest absolute Gasteiger partial charge is 0.398 e. The van der Waals surface area contributed by atoms with Gasteiger partial charge < -0.3 is 5.73 Å². The SMILES string of the molecule is CCc1cc(C#N)c(N)cc1Br. The number of anilines is 1. The van der Waals surface area contributed by atoms with Gasteiger partial charge in [0.25, 0.3) is 0 Å². The van der Waals surface area contributed by atoms with Crippen LogP contribution in [0, 0.1) is 11.3 Å². The number of nitriles is 1. The zero-order chi connectivity index (χ0) is 9.14. The second-order valence-electron chi connectivity index (χ2n) is 2.50. The summed E-state index contributed by atoms with van der Waals surface area (Å²) in [5, 5.41) is 8.68. The number of aryl methyl sites for hydroxylation is 1. The highest BCUT2D eigenvalue weighted by atomic mass is 79.9. The number of rotatable bonds is 1. The molecule has 2 nitrogen and oxygen atoms in total. The molecule has 0 radical (unpaired) electrons. The lowest BCUT2D eigenvalue weighted by Crippen LogP contribution is -1.93. The van der Waals surface area contributed by atoms with Gasteiger partial charge in [-0.25, -0.2) is 0 Å². The molecule has 0 atom stereocenters. The molecule has 0 heterocycles. The first-order valence-electron chi connectivity index (χ1n) is 3.67. The molecular weight excluding hydrogens is 216 g/mol. The van der Waals surface area contributed by atoms with Gasteiger partial charge in [-0.2, -0.15) is 5.26 Å². The molecule has 3 heteroatoms. The number of nitrogens with zero attached hydrogens (tertiary/aromatic N) is 1. The molecular formula is C9H9BrN2. The summed E-state index contributed by atoms with van der Waals surface area (Å²) >= 11 is 3.38. The Morgan fingerprint density at radius 2 is 2.25 bits per heavy atom. The first-order valence-corrected chi connectivity index (χ1v) is 4.46. The fraction of sp³-hybridized carbons (Fsp3) is 0.222. The zero-order valence-electron chi connectivity index (χ0n) is 6.76. The Morgan fingerprint density at radius 3 is 2.75 bits per heavy atom. The fourth-order valence-electron chi connectivity index (χ4n) is 1.00. The number of nitrogen functional groups attached to an aromatic ring is 1. The summed E-state index contributed by atoms with van der Waals surface area (Å²) in [5.74, 6) is 0. The van der Waals surface area contributed by atoms with Crippen molar-refractivity contribution in [3.63, 3.8) is 0 Å². The molecule has 0 aliphatic carbocycles. The van der Waals surface area contributed by atoms with Gasteiger partial charge in [0.05, 0.1) is 11.3 Å². The Bertz CT molecular complexity index is 339. The third kappa shape index (κ3) is 1.59. The molecule has 62 valence electrons. The molecule has 2 N–H and O–H groups in total. The molecule has 0 saturated carbocycles. The lowest BCUT2D eigenvalue weighted by Gasteiger charge is -2.03. The lowest BCUT2D eigenvalue weighted by atomic mass is 10.1. The highest BCUT2D eigenvalue weighted by Gasteiger charge is 2.03. The molecule has 0 bridgehead atoms. The Kier molecular flexibility index (Phi) is 2.72. The van der Waals surface area contributed by atoms with Crippen LogP contribution < -0.4 is 5.73 Å². The number of hydrogen-bond acceptors (Lipinski definition) is 2. The van der Waals surface area contributed by atoms with E-state index in [2.05, 4.69) is 22.0 Å². The van der Waals surface area contributed by atoms with Crippen molar-refractivity contribution in [2.24, 2.45) is 0 Å². The predicted molar refractivity (Wildman–Crippen MR) is 52.6 cm³/mol. The zero-order valence-corrected chi connectivity index (χ0v) is 8.35. The summed E-state index contributed by atoms with van der Waals surface area (Å²) < 4.78 is 0.974. The van der Waals surface area contributed by atoms with Crippen molar-refractivity contribution < 1.29 is 0 Å². The second kappa shape index (κ2) is 3.59. The minimum Gasteiger partial charge on any atom is -0.398 e. The smallest absolute Gasteiger partial charge is 0.101 e. The van der Waals surface area contributed by atoms with E-state index in [1.165, 1.54) is 0 Å². The molecule has 0 amide bonds. The molecule has 0 aliphatic rings. The van der Waals surface area contributed by atoms with Gasteiger partial charge in [-0.3, -0.25) is 0 Å². The number of halogens is 1. The first kappa shape index (κ1) is 9.08. The van der Waals surface area contributed by atoms with Crippen LogP contribution in [0.3, 0.4) is 0 Å². The second-order valence-corrected chi connectivity index (χ2v) is 3.35. The molecule has 0 spiro atoms. The van der Waals surface area contributed by atoms with E-state index in [-0.39, 0.29) is 0 Å². The number of benzene rings is 1. The van der Waals surface area contributed by atoms with Crippen molar-refractivity contribution in [3.8, 4) is 6.07 Å². The van der Waals surface area contributed by atoms with Crippen molar-refractivity contribution >= 4 is 21.6 Å². The molecule has 1 rings (SSSR count). The average Bonchev–Trinajstić information content (AvgIpc) is 2.05. The van der Waals surface area contributed by atoms with Crippen LogP contribution in [0.2, 0.25) is 0 Å². The number of nitrogens with two attached hydrogens (primary N) is 1. The van der Waals surface area contributed by atoms with Crippen LogP contribution in [0.25, 0.3) is 0 Å². The summed E-state index contributed by atoms with van der Waals surface area (Å²) in [6, 6.07) is 5.65. The monoisotopic (exact) mass is 224 g/mol. The van der Waals surface area contributed by atoms with E-state index in [4.69, 9.17) is 11.0 Å². The Morgan fingerprint density at radius 1 is 1.58 bits per heavy atom. The van der Waals surface area contributed by atoms with Gasteiger partial charge in [-0.05, 0) is 24.1 Å². The maximum absolute atomic E-state index is 8.68. The summed E-state index contributed by atoms with van der Waals surface area (Å²) in [6.07, 6.45) is 0.898. The summed E-state index contributed by atoms with van der Waals surface area (Å²) in [6.45, 7) is 2.04. The van der Waals surface area contributed by atoms with Crippen LogP contribution in [0.4, 0.5) is 5.69 Å². The molecule has 0 fully saturated rings. The molecule has 0 aliphatic heterocycles. The van der Waals surface area contributed by atoms with Crippen LogP contribution in [-0.4, -0.2) is 0 Å². The van der Waals surface area contributed by atoms with Gasteiger partial charge >= 0.3 is 0 Å². The summed E-state index contributed by atoms with van der Waals surface area (Å²) in [4.78, 5) is 0. The van der Waals surface area contributed by atoms with Crippen LogP contribution in [-0.2, 0) is 6.42 Å². The Hall–Kier alpha value is -1.01. The van der Waals surface area contributed by atoms with Crippen molar-refractivity contribution in [2.75, 3.05) is 5.73 Å². The molecule has 0 unspecified atom stereocenters. The van der Waals surface area contributed by atoms with Crippen molar-refractivity contribution in [1.82, 2.24) is 0 Å². The van der Waals surface area contributed by atoms with E-state index in [0.29, 0.717) is 11.3 Å². The van der Waals surface area contributed by atoms with Crippen LogP contribution in [0.1, 0.15) is 18.1 Å². The van der Waals surface area contributed by atoms with Gasteiger partial charge in [0.1, 0.15) is 6.07 Å². The van der Waals surface area contributed by atoms with Crippen LogP contribution in [0.5, 0.6) is 0 Å². The molecule has 12 heavy (non-hydrogen) atoms. The van der Waals surface area contributed by atoms with Crippen LogP contribution >= 0.6 is 15.9 Å². The minimum absolute atomic E-state index is 0.529. The summed E-state index contributed by atoms with van der Waals surface area (Å²) in [7, 11) is 0. The first-order chi connectivity index (χ1) is 5.69. The quantitative estimate of drug-likeness (QED) is 0.746. The normalized spacial score (nSPS) is 9.42. The predicted octanol–water partition coefficient (Wildman–Crippen LogP) is 2.47. The molecule has 0 aromatic heterocycles. The van der Waals surface area contributed by atoms with Gasteiger partial charge in [0, 0.05) is 4.47 Å². The Balaban J connectivity index is 3.30. The van der Waals surface area contributed by atoms with Gasteiger partial charge in [-0.15, -0.1) is 0 Å². The van der Waals surface area contributed by atoms with E-state index in [0.717, 1.165) is 16.5 Å². The highest BCUT2D eigenvalue weighted by molar-refractivity contribution is 9.10. The maximum atomic E-state index is 8.68. The lowest BCUT2D eigenvalue weighted by molar-refractivity contribution is 1.12. The maximum Gasteiger partial charge on any atom is 0.101 e. The minimum atomic E-state index is 0.529. The standard InChI is InChI=1S/C9H9BrN2/c1-2-6-3-7(5-11)9(12)4-8(6)10/h3-4H,2,12H2,1H3. The Labute approximate surface area is 80.1 Å². The fourth-order valence-corrected chi connectivity index (χ4v) is 1.64. The summed E-state index contributed by atoms with van der Waals surface area (Å²) in [5.41, 5.74) is 7.80. The van der Waals surface area contributed by atoms with E-state index >= 15 is 0 Å². The molecule has 1 aromatic carbocycles. The van der Waals surface area contributed by atoms with Crippen molar-refractivity contribution in [1.29, 1.82) is 5.26 Å². The van der Waals surface area contributed by atoms with Gasteiger partial charge in [0.15, 0.2) is 0 Å². The third-order valence-electron chi connectivity index (χ3n) is 1.72. The van der Waals surface area contributed by atoms with E-state index in [1.54, 1.807) is 6.07 Å². The van der Waals surface area contributed by atoms with E-state index < -0.39 is 0 Å². The van der Waals surface area contributed by atoms with Crippen molar-refractivity contribution in [3.05, 3.63) is 27.7 Å². The van der Waals surface area contributed by atoms with Crippen LogP contribution in [0.15, 0.2) is 16.6 Å².